The minimum Gasteiger partial charge on any atom is -0.337 e. The predicted molar refractivity (Wildman–Crippen MR) is 121 cm³/mol. The Hall–Kier alpha value is -3.06. The number of pyridine rings is 1. The van der Waals surface area contributed by atoms with Crippen LogP contribution in [0.2, 0.25) is 5.02 Å². The first kappa shape index (κ1) is 22.6. The maximum atomic E-state index is 11.4. The molecule has 1 aliphatic carbocycles. The summed E-state index contributed by atoms with van der Waals surface area (Å²) in [5.41, 5.74) is 2.96. The van der Waals surface area contributed by atoms with Crippen LogP contribution in [0.5, 0.6) is 0 Å². The van der Waals surface area contributed by atoms with Crippen molar-refractivity contribution in [2.45, 2.75) is 52.0 Å². The summed E-state index contributed by atoms with van der Waals surface area (Å²) in [6.07, 6.45) is 7.41. The Bertz CT molecular complexity index is 1010. The highest BCUT2D eigenvalue weighted by Crippen LogP contribution is 2.46. The van der Waals surface area contributed by atoms with Crippen molar-refractivity contribution in [2.24, 2.45) is 4.99 Å². The zero-order valence-corrected chi connectivity index (χ0v) is 18.7. The Kier molecular flexibility index (Phi) is 7.89. The van der Waals surface area contributed by atoms with Crippen molar-refractivity contribution < 1.29 is 9.32 Å². The molecule has 0 saturated heterocycles. The zero-order chi connectivity index (χ0) is 22.2. The normalized spacial score (nSPS) is 17.5. The van der Waals surface area contributed by atoms with Crippen LogP contribution in [0.1, 0.15) is 61.4 Å². The Morgan fingerprint density at radius 3 is 2.61 bits per heavy atom. The lowest BCUT2D eigenvalue weighted by molar-refractivity contribution is -0.115. The molecule has 1 fully saturated rings. The van der Waals surface area contributed by atoms with Crippen molar-refractivity contribution in [1.82, 2.24) is 20.0 Å². The first-order valence-corrected chi connectivity index (χ1v) is 10.7. The van der Waals surface area contributed by atoms with Crippen LogP contribution < -0.4 is 0 Å². The summed E-state index contributed by atoms with van der Waals surface area (Å²) in [4.78, 5) is 25.5. The molecule has 0 spiro atoms. The summed E-state index contributed by atoms with van der Waals surface area (Å²) in [7, 11) is 0. The van der Waals surface area contributed by atoms with Crippen LogP contribution in [0, 0.1) is 6.92 Å². The molecule has 3 aromatic rings. The molecular formula is C23H26ClN5O2. The lowest BCUT2D eigenvalue weighted by atomic mass is 9.71. The lowest BCUT2D eigenvalue weighted by Gasteiger charge is -2.33. The van der Waals surface area contributed by atoms with E-state index in [-0.39, 0.29) is 12.5 Å². The lowest BCUT2D eigenvalue weighted by Crippen LogP contribution is -2.22. The van der Waals surface area contributed by atoms with Gasteiger partial charge in [0.25, 0.3) is 0 Å². The molecule has 0 radical (unpaired) electrons. The second kappa shape index (κ2) is 10.8. The van der Waals surface area contributed by atoms with Gasteiger partial charge in [-0.05, 0) is 55.0 Å². The zero-order valence-electron chi connectivity index (χ0n) is 17.9. The molecular weight excluding hydrogens is 414 g/mol. The first-order valence-electron chi connectivity index (χ1n) is 10.4. The van der Waals surface area contributed by atoms with E-state index in [1.54, 1.807) is 12.4 Å². The van der Waals surface area contributed by atoms with E-state index in [2.05, 4.69) is 32.2 Å². The van der Waals surface area contributed by atoms with Crippen molar-refractivity contribution in [2.75, 3.05) is 0 Å². The fourth-order valence-corrected chi connectivity index (χ4v) is 3.45. The Labute approximate surface area is 187 Å². The highest BCUT2D eigenvalue weighted by molar-refractivity contribution is 6.30. The molecule has 4 rings (SSSR count). The molecule has 8 heteroatoms. The highest BCUT2D eigenvalue weighted by atomic mass is 35.5. The fourth-order valence-electron chi connectivity index (χ4n) is 3.32. The van der Waals surface area contributed by atoms with E-state index < -0.39 is 0 Å². The number of benzene rings is 1. The van der Waals surface area contributed by atoms with Crippen LogP contribution in [0.25, 0.3) is 0 Å². The molecule has 2 heterocycles. The third-order valence-electron chi connectivity index (χ3n) is 5.14. The predicted octanol–water partition coefficient (Wildman–Crippen LogP) is 5.43. The van der Waals surface area contributed by atoms with Gasteiger partial charge in [0.15, 0.2) is 5.82 Å². The van der Waals surface area contributed by atoms with E-state index in [0.717, 1.165) is 23.4 Å². The summed E-state index contributed by atoms with van der Waals surface area (Å²) in [5, 5.41) is 4.84. The molecule has 162 valence electrons. The van der Waals surface area contributed by atoms with Gasteiger partial charge in [-0.15, -0.1) is 0 Å². The van der Waals surface area contributed by atoms with Gasteiger partial charge in [0.05, 0.1) is 18.2 Å². The SMILES string of the molecule is CC.Cc1ccncc1N=CN(C=O)Cc1nc(C2CC(c3ccc(Cl)cc3)C2)no1. The number of halogens is 1. The molecule has 2 aromatic heterocycles. The largest absolute Gasteiger partial charge is 0.337 e. The van der Waals surface area contributed by atoms with Crippen molar-refractivity contribution in [1.29, 1.82) is 0 Å². The van der Waals surface area contributed by atoms with Gasteiger partial charge >= 0.3 is 0 Å². The molecule has 1 aromatic carbocycles. The van der Waals surface area contributed by atoms with Gasteiger partial charge < -0.3 is 4.52 Å². The van der Waals surface area contributed by atoms with Crippen molar-refractivity contribution in [3.63, 3.8) is 0 Å². The molecule has 0 bridgehead atoms. The van der Waals surface area contributed by atoms with Crippen LogP contribution in [0.4, 0.5) is 5.69 Å². The van der Waals surface area contributed by atoms with Gasteiger partial charge in [0, 0.05) is 17.1 Å². The van der Waals surface area contributed by atoms with Crippen LogP contribution >= 0.6 is 11.6 Å². The summed E-state index contributed by atoms with van der Waals surface area (Å²) in [6.45, 7) is 6.10. The molecule has 1 saturated carbocycles. The molecule has 31 heavy (non-hydrogen) atoms. The van der Waals surface area contributed by atoms with Crippen molar-refractivity contribution in [3.05, 3.63) is 70.6 Å². The van der Waals surface area contributed by atoms with E-state index >= 15 is 0 Å². The van der Waals surface area contributed by atoms with E-state index in [0.29, 0.717) is 29.7 Å². The fraction of sp³-hybridized carbons (Fsp3) is 0.348. The quantitative estimate of drug-likeness (QED) is 0.278. The topological polar surface area (TPSA) is 84.5 Å². The standard InChI is InChI=1S/C21H20ClN5O2.C2H6/c1-14-6-7-23-10-19(14)24-12-27(13-28)11-20-25-21(26-29-20)17-8-16(9-17)15-2-4-18(22)5-3-15;1-2/h2-7,10,12-13,16-17H,8-9,11H2,1H3;1-2H3. The number of carbonyl (C=O) groups excluding carboxylic acids is 1. The number of aromatic nitrogens is 3. The van der Waals surface area contributed by atoms with Gasteiger partial charge in [-0.1, -0.05) is 42.7 Å². The number of aliphatic imine (C=N–C) groups is 1. The Balaban J connectivity index is 0.00000132. The average molecular weight is 440 g/mol. The summed E-state index contributed by atoms with van der Waals surface area (Å²) < 4.78 is 5.33. The second-order valence-corrected chi connectivity index (χ2v) is 7.58. The number of carbonyl (C=O) groups is 1. The first-order chi connectivity index (χ1) is 15.1. The molecule has 1 aliphatic rings. The van der Waals surface area contributed by atoms with Crippen LogP contribution in [-0.2, 0) is 11.3 Å². The van der Waals surface area contributed by atoms with Crippen molar-refractivity contribution in [3.8, 4) is 0 Å². The van der Waals surface area contributed by atoms with Gasteiger partial charge in [-0.25, -0.2) is 4.99 Å². The van der Waals surface area contributed by atoms with E-state index in [9.17, 15) is 4.79 Å². The summed E-state index contributed by atoms with van der Waals surface area (Å²) in [5.74, 6) is 1.83. The molecule has 0 atom stereocenters. The van der Waals surface area contributed by atoms with Crippen molar-refractivity contribution >= 4 is 30.0 Å². The minimum atomic E-state index is 0.173. The Morgan fingerprint density at radius 1 is 1.19 bits per heavy atom. The average Bonchev–Trinajstić information content (AvgIpc) is 3.22. The summed E-state index contributed by atoms with van der Waals surface area (Å²) >= 11 is 5.95. The number of hydrogen-bond acceptors (Lipinski definition) is 6. The van der Waals surface area contributed by atoms with Crippen LogP contribution in [-0.4, -0.2) is 32.8 Å². The number of nitrogens with zero attached hydrogens (tertiary/aromatic N) is 5. The third-order valence-corrected chi connectivity index (χ3v) is 5.39. The minimum absolute atomic E-state index is 0.173. The van der Waals surface area contributed by atoms with E-state index in [1.807, 2.05) is 39.0 Å². The molecule has 0 aliphatic heterocycles. The summed E-state index contributed by atoms with van der Waals surface area (Å²) in [6, 6.07) is 9.82. The maximum Gasteiger partial charge on any atom is 0.246 e. The van der Waals surface area contributed by atoms with Gasteiger partial charge in [-0.3, -0.25) is 14.7 Å². The molecule has 1 amide bonds. The van der Waals surface area contributed by atoms with Gasteiger partial charge in [0.2, 0.25) is 12.3 Å². The number of amides is 1. The molecule has 0 unspecified atom stereocenters. The van der Waals surface area contributed by atoms with E-state index in [4.69, 9.17) is 16.1 Å². The number of aryl methyl sites for hydroxylation is 1. The smallest absolute Gasteiger partial charge is 0.246 e. The van der Waals surface area contributed by atoms with Gasteiger partial charge in [-0.2, -0.15) is 4.98 Å². The Morgan fingerprint density at radius 2 is 1.94 bits per heavy atom. The molecule has 7 nitrogen and oxygen atoms in total. The van der Waals surface area contributed by atoms with Crippen LogP contribution in [0.15, 0.2) is 52.2 Å². The highest BCUT2D eigenvalue weighted by Gasteiger charge is 2.34. The second-order valence-electron chi connectivity index (χ2n) is 7.15. The number of rotatable bonds is 7. The van der Waals surface area contributed by atoms with Gasteiger partial charge in [0.1, 0.15) is 6.54 Å². The van der Waals surface area contributed by atoms with E-state index in [1.165, 1.54) is 16.8 Å². The number of hydrogen-bond donors (Lipinski definition) is 0. The monoisotopic (exact) mass is 439 g/mol. The third kappa shape index (κ3) is 5.76. The van der Waals surface area contributed by atoms with Crippen LogP contribution in [0.3, 0.4) is 0 Å². The maximum absolute atomic E-state index is 11.4. The molecule has 0 N–H and O–H groups in total.